The van der Waals surface area contributed by atoms with E-state index in [-0.39, 0.29) is 11.7 Å². The predicted molar refractivity (Wildman–Crippen MR) is 110 cm³/mol. The van der Waals surface area contributed by atoms with Gasteiger partial charge in [-0.2, -0.15) is 0 Å². The SMILES string of the molecule is CC(=O)c1ccc(N2CCN(CC(=O)Nc3cc(C)ccc3C)CC2)cc1. The van der Waals surface area contributed by atoms with Gasteiger partial charge in [0.05, 0.1) is 6.54 Å². The van der Waals surface area contributed by atoms with Crippen LogP contribution in [0.2, 0.25) is 0 Å². The third kappa shape index (κ3) is 4.95. The number of amides is 1. The average molecular weight is 365 g/mol. The van der Waals surface area contributed by atoms with Crippen LogP contribution >= 0.6 is 0 Å². The number of piperazine rings is 1. The van der Waals surface area contributed by atoms with Gasteiger partial charge in [0.25, 0.3) is 0 Å². The molecule has 0 aromatic heterocycles. The van der Waals surface area contributed by atoms with Crippen LogP contribution < -0.4 is 10.2 Å². The predicted octanol–water partition coefficient (Wildman–Crippen LogP) is 3.27. The van der Waals surface area contributed by atoms with Gasteiger partial charge >= 0.3 is 0 Å². The molecule has 1 N–H and O–H groups in total. The Morgan fingerprint density at radius 3 is 2.26 bits per heavy atom. The van der Waals surface area contributed by atoms with Crippen molar-refractivity contribution >= 4 is 23.1 Å². The zero-order valence-corrected chi connectivity index (χ0v) is 16.3. The Bertz CT molecular complexity index is 822. The molecule has 27 heavy (non-hydrogen) atoms. The van der Waals surface area contributed by atoms with Crippen LogP contribution in [0.3, 0.4) is 0 Å². The number of aryl methyl sites for hydroxylation is 2. The fourth-order valence-electron chi connectivity index (χ4n) is 3.33. The van der Waals surface area contributed by atoms with Crippen molar-refractivity contribution < 1.29 is 9.59 Å². The second-order valence-corrected chi connectivity index (χ2v) is 7.23. The van der Waals surface area contributed by atoms with E-state index in [4.69, 9.17) is 0 Å². The quantitative estimate of drug-likeness (QED) is 0.827. The summed E-state index contributed by atoms with van der Waals surface area (Å²) >= 11 is 0. The van der Waals surface area contributed by atoms with Crippen molar-refractivity contribution in [1.29, 1.82) is 0 Å². The maximum atomic E-state index is 12.4. The fraction of sp³-hybridized carbons (Fsp3) is 0.364. The Balaban J connectivity index is 1.51. The van der Waals surface area contributed by atoms with Gasteiger partial charge in [0.15, 0.2) is 5.78 Å². The molecule has 5 nitrogen and oxygen atoms in total. The van der Waals surface area contributed by atoms with Gasteiger partial charge in [0.1, 0.15) is 0 Å². The van der Waals surface area contributed by atoms with Gasteiger partial charge in [-0.05, 0) is 62.2 Å². The summed E-state index contributed by atoms with van der Waals surface area (Å²) in [5, 5.41) is 3.03. The molecular weight excluding hydrogens is 338 g/mol. The number of hydrogen-bond acceptors (Lipinski definition) is 4. The molecule has 1 heterocycles. The summed E-state index contributed by atoms with van der Waals surface area (Å²) in [6, 6.07) is 13.8. The van der Waals surface area contributed by atoms with Gasteiger partial charge in [-0.25, -0.2) is 0 Å². The number of benzene rings is 2. The summed E-state index contributed by atoms with van der Waals surface area (Å²) in [4.78, 5) is 28.3. The molecule has 0 bridgehead atoms. The van der Waals surface area contributed by atoms with E-state index in [2.05, 4.69) is 15.1 Å². The van der Waals surface area contributed by atoms with E-state index in [1.165, 1.54) is 0 Å². The monoisotopic (exact) mass is 365 g/mol. The molecule has 1 aliphatic rings. The van der Waals surface area contributed by atoms with Crippen LogP contribution in [-0.4, -0.2) is 49.3 Å². The molecule has 0 unspecified atom stereocenters. The molecule has 142 valence electrons. The summed E-state index contributed by atoms with van der Waals surface area (Å²) in [5.41, 5.74) is 4.97. The van der Waals surface area contributed by atoms with Crippen LogP contribution in [0.4, 0.5) is 11.4 Å². The molecule has 2 aromatic rings. The molecule has 1 fully saturated rings. The fourth-order valence-corrected chi connectivity index (χ4v) is 3.33. The first kappa shape index (κ1) is 19.1. The van der Waals surface area contributed by atoms with Gasteiger partial charge in [-0.15, -0.1) is 0 Å². The van der Waals surface area contributed by atoms with Crippen molar-refractivity contribution in [3.8, 4) is 0 Å². The second kappa shape index (κ2) is 8.35. The number of nitrogens with zero attached hydrogens (tertiary/aromatic N) is 2. The van der Waals surface area contributed by atoms with Crippen molar-refractivity contribution in [3.05, 3.63) is 59.2 Å². The van der Waals surface area contributed by atoms with Crippen molar-refractivity contribution in [2.45, 2.75) is 20.8 Å². The van der Waals surface area contributed by atoms with E-state index in [1.807, 2.05) is 56.3 Å². The van der Waals surface area contributed by atoms with Crippen LogP contribution in [0.15, 0.2) is 42.5 Å². The summed E-state index contributed by atoms with van der Waals surface area (Å²) in [6.45, 7) is 9.44. The first-order valence-electron chi connectivity index (χ1n) is 9.38. The highest BCUT2D eigenvalue weighted by Crippen LogP contribution is 2.19. The molecular formula is C22H27N3O2. The minimum Gasteiger partial charge on any atom is -0.369 e. The molecule has 1 saturated heterocycles. The van der Waals surface area contributed by atoms with Gasteiger partial charge in [-0.1, -0.05) is 12.1 Å². The van der Waals surface area contributed by atoms with E-state index in [9.17, 15) is 9.59 Å². The molecule has 1 amide bonds. The number of rotatable bonds is 5. The average Bonchev–Trinajstić information content (AvgIpc) is 2.65. The summed E-state index contributed by atoms with van der Waals surface area (Å²) in [5.74, 6) is 0.115. The second-order valence-electron chi connectivity index (χ2n) is 7.23. The highest BCUT2D eigenvalue weighted by molar-refractivity contribution is 5.94. The summed E-state index contributed by atoms with van der Waals surface area (Å²) in [7, 11) is 0. The Kier molecular flexibility index (Phi) is 5.91. The van der Waals surface area contributed by atoms with Gasteiger partial charge in [0.2, 0.25) is 5.91 Å². The molecule has 0 radical (unpaired) electrons. The first-order valence-corrected chi connectivity index (χ1v) is 9.38. The Morgan fingerprint density at radius 2 is 1.63 bits per heavy atom. The number of carbonyl (C=O) groups excluding carboxylic acids is 2. The van der Waals surface area contributed by atoms with Gasteiger partial charge in [0, 0.05) is 43.1 Å². The van der Waals surface area contributed by atoms with E-state index in [0.717, 1.165) is 54.2 Å². The zero-order chi connectivity index (χ0) is 19.4. The van der Waals surface area contributed by atoms with E-state index < -0.39 is 0 Å². The standard InChI is InChI=1S/C22H27N3O2/c1-16-4-5-17(2)21(14-16)23-22(27)15-24-10-12-25(13-11-24)20-8-6-19(7-9-20)18(3)26/h4-9,14H,10-13,15H2,1-3H3,(H,23,27). The van der Waals surface area contributed by atoms with E-state index in [1.54, 1.807) is 6.92 Å². The normalized spacial score (nSPS) is 14.9. The topological polar surface area (TPSA) is 52.7 Å². The smallest absolute Gasteiger partial charge is 0.238 e. The van der Waals surface area contributed by atoms with E-state index in [0.29, 0.717) is 6.54 Å². The molecule has 1 aliphatic heterocycles. The molecule has 0 saturated carbocycles. The Hall–Kier alpha value is -2.66. The van der Waals surface area contributed by atoms with Crippen LogP contribution in [-0.2, 0) is 4.79 Å². The number of hydrogen-bond donors (Lipinski definition) is 1. The van der Waals surface area contributed by atoms with Crippen LogP contribution in [0.25, 0.3) is 0 Å². The lowest BCUT2D eigenvalue weighted by molar-refractivity contribution is -0.117. The summed E-state index contributed by atoms with van der Waals surface area (Å²) < 4.78 is 0. The maximum Gasteiger partial charge on any atom is 0.238 e. The third-order valence-corrected chi connectivity index (χ3v) is 5.05. The molecule has 0 atom stereocenters. The van der Waals surface area contributed by atoms with Crippen LogP contribution in [0.1, 0.15) is 28.4 Å². The van der Waals surface area contributed by atoms with Crippen molar-refractivity contribution in [1.82, 2.24) is 4.90 Å². The zero-order valence-electron chi connectivity index (χ0n) is 16.3. The Labute approximate surface area is 161 Å². The minimum absolute atomic E-state index is 0.0305. The Morgan fingerprint density at radius 1 is 0.963 bits per heavy atom. The molecule has 0 aliphatic carbocycles. The lowest BCUT2D eigenvalue weighted by atomic mass is 10.1. The largest absolute Gasteiger partial charge is 0.369 e. The molecule has 2 aromatic carbocycles. The maximum absolute atomic E-state index is 12.4. The lowest BCUT2D eigenvalue weighted by Crippen LogP contribution is -2.48. The van der Waals surface area contributed by atoms with Crippen molar-refractivity contribution in [2.75, 3.05) is 42.9 Å². The van der Waals surface area contributed by atoms with Crippen LogP contribution in [0, 0.1) is 13.8 Å². The summed E-state index contributed by atoms with van der Waals surface area (Å²) in [6.07, 6.45) is 0. The van der Waals surface area contributed by atoms with E-state index >= 15 is 0 Å². The number of Topliss-reactive ketones (excluding diaryl/α,β-unsaturated/α-hetero) is 1. The highest BCUT2D eigenvalue weighted by atomic mass is 16.2. The lowest BCUT2D eigenvalue weighted by Gasteiger charge is -2.35. The molecule has 0 spiro atoms. The number of carbonyl (C=O) groups is 2. The minimum atomic E-state index is 0.0305. The van der Waals surface area contributed by atoms with Crippen molar-refractivity contribution in [3.63, 3.8) is 0 Å². The first-order chi connectivity index (χ1) is 12.9. The third-order valence-electron chi connectivity index (χ3n) is 5.05. The molecule has 3 rings (SSSR count). The molecule has 5 heteroatoms. The van der Waals surface area contributed by atoms with Crippen molar-refractivity contribution in [2.24, 2.45) is 0 Å². The van der Waals surface area contributed by atoms with Gasteiger partial charge in [-0.3, -0.25) is 14.5 Å². The van der Waals surface area contributed by atoms with Gasteiger partial charge < -0.3 is 10.2 Å². The van der Waals surface area contributed by atoms with Crippen LogP contribution in [0.5, 0.6) is 0 Å². The number of ketones is 1. The number of anilines is 2. The number of nitrogens with one attached hydrogen (secondary N) is 1. The highest BCUT2D eigenvalue weighted by Gasteiger charge is 2.19.